The van der Waals surface area contributed by atoms with Crippen LogP contribution in [0.15, 0.2) is 29.8 Å². The molecule has 0 bridgehead atoms. The van der Waals surface area contributed by atoms with Crippen LogP contribution >= 0.6 is 11.3 Å². The van der Waals surface area contributed by atoms with Gasteiger partial charge in [0, 0.05) is 30.1 Å². The molecule has 18 heavy (non-hydrogen) atoms. The molecular weight excluding hydrogens is 246 g/mol. The van der Waals surface area contributed by atoms with Gasteiger partial charge in [-0.05, 0) is 17.9 Å². The van der Waals surface area contributed by atoms with Crippen molar-refractivity contribution in [3.63, 3.8) is 0 Å². The van der Waals surface area contributed by atoms with Gasteiger partial charge in [-0.3, -0.25) is 0 Å². The number of thiophene rings is 1. The standard InChI is InChI=1S/C13H17N3OS/c1-2-7-14-13-15-8-5-12(16-13)17-9-6-11-4-3-10-18-11/h3-5,8,10H,2,6-7,9H2,1H3,(H,14,15,16). The molecule has 1 N–H and O–H groups in total. The average Bonchev–Trinajstić information content (AvgIpc) is 2.90. The van der Waals surface area contributed by atoms with Gasteiger partial charge in [0.25, 0.3) is 0 Å². The molecule has 0 atom stereocenters. The Morgan fingerprint density at radius 3 is 3.11 bits per heavy atom. The highest BCUT2D eigenvalue weighted by Crippen LogP contribution is 2.12. The Kier molecular flexibility index (Phi) is 4.96. The van der Waals surface area contributed by atoms with E-state index in [0.717, 1.165) is 19.4 Å². The van der Waals surface area contributed by atoms with Crippen molar-refractivity contribution >= 4 is 17.3 Å². The zero-order valence-electron chi connectivity index (χ0n) is 10.4. The van der Waals surface area contributed by atoms with Gasteiger partial charge in [0.2, 0.25) is 11.8 Å². The third kappa shape index (κ3) is 4.00. The summed E-state index contributed by atoms with van der Waals surface area (Å²) in [7, 11) is 0. The van der Waals surface area contributed by atoms with Crippen molar-refractivity contribution in [2.45, 2.75) is 19.8 Å². The van der Waals surface area contributed by atoms with Crippen molar-refractivity contribution in [2.75, 3.05) is 18.5 Å². The number of anilines is 1. The van der Waals surface area contributed by atoms with E-state index in [2.05, 4.69) is 39.7 Å². The predicted octanol–water partition coefficient (Wildman–Crippen LogP) is 2.98. The molecule has 2 aromatic heterocycles. The fourth-order valence-electron chi connectivity index (χ4n) is 1.46. The maximum Gasteiger partial charge on any atom is 0.225 e. The van der Waals surface area contributed by atoms with Gasteiger partial charge in [0.1, 0.15) is 0 Å². The van der Waals surface area contributed by atoms with Crippen molar-refractivity contribution in [3.05, 3.63) is 34.7 Å². The smallest absolute Gasteiger partial charge is 0.225 e. The summed E-state index contributed by atoms with van der Waals surface area (Å²) in [6, 6.07) is 5.95. The molecule has 0 spiro atoms. The van der Waals surface area contributed by atoms with E-state index < -0.39 is 0 Å². The van der Waals surface area contributed by atoms with E-state index in [9.17, 15) is 0 Å². The van der Waals surface area contributed by atoms with Gasteiger partial charge in [0.15, 0.2) is 0 Å². The van der Waals surface area contributed by atoms with Crippen molar-refractivity contribution < 1.29 is 4.74 Å². The lowest BCUT2D eigenvalue weighted by Gasteiger charge is -2.06. The molecule has 0 unspecified atom stereocenters. The van der Waals surface area contributed by atoms with Gasteiger partial charge in [0.05, 0.1) is 6.61 Å². The van der Waals surface area contributed by atoms with E-state index >= 15 is 0 Å². The van der Waals surface area contributed by atoms with Crippen LogP contribution in [-0.4, -0.2) is 23.1 Å². The summed E-state index contributed by atoms with van der Waals surface area (Å²) in [6.07, 6.45) is 3.68. The van der Waals surface area contributed by atoms with Crippen LogP contribution in [0.1, 0.15) is 18.2 Å². The molecule has 2 heterocycles. The van der Waals surface area contributed by atoms with Crippen LogP contribution in [0.4, 0.5) is 5.95 Å². The minimum absolute atomic E-state index is 0.625. The second-order valence-corrected chi connectivity index (χ2v) is 4.86. The summed E-state index contributed by atoms with van der Waals surface area (Å²) in [6.45, 7) is 3.62. The second kappa shape index (κ2) is 6.96. The first-order valence-electron chi connectivity index (χ1n) is 6.10. The van der Waals surface area contributed by atoms with E-state index in [4.69, 9.17) is 4.74 Å². The third-order valence-electron chi connectivity index (χ3n) is 2.34. The fourth-order valence-corrected chi connectivity index (χ4v) is 2.15. The molecule has 0 saturated heterocycles. The van der Waals surface area contributed by atoms with E-state index in [1.807, 2.05) is 0 Å². The molecular formula is C13H17N3OS. The molecule has 2 aromatic rings. The summed E-state index contributed by atoms with van der Waals surface area (Å²) < 4.78 is 5.62. The molecule has 0 fully saturated rings. The molecule has 0 aliphatic carbocycles. The van der Waals surface area contributed by atoms with Gasteiger partial charge < -0.3 is 10.1 Å². The van der Waals surface area contributed by atoms with Crippen LogP contribution in [0.2, 0.25) is 0 Å². The van der Waals surface area contributed by atoms with Gasteiger partial charge in [-0.15, -0.1) is 11.3 Å². The van der Waals surface area contributed by atoms with Crippen LogP contribution in [0.5, 0.6) is 5.88 Å². The normalized spacial score (nSPS) is 10.3. The first-order valence-corrected chi connectivity index (χ1v) is 6.98. The second-order valence-electron chi connectivity index (χ2n) is 3.82. The third-order valence-corrected chi connectivity index (χ3v) is 3.28. The number of hydrogen-bond donors (Lipinski definition) is 1. The van der Waals surface area contributed by atoms with Crippen molar-refractivity contribution in [1.29, 1.82) is 0 Å². The first-order chi connectivity index (χ1) is 8.88. The molecule has 0 amide bonds. The first kappa shape index (κ1) is 12.8. The van der Waals surface area contributed by atoms with Crippen molar-refractivity contribution in [2.24, 2.45) is 0 Å². The Morgan fingerprint density at radius 1 is 1.39 bits per heavy atom. The van der Waals surface area contributed by atoms with Crippen LogP contribution in [0.3, 0.4) is 0 Å². The lowest BCUT2D eigenvalue weighted by Crippen LogP contribution is -2.06. The topological polar surface area (TPSA) is 47.0 Å². The van der Waals surface area contributed by atoms with Crippen LogP contribution in [0, 0.1) is 0 Å². The van der Waals surface area contributed by atoms with E-state index in [1.165, 1.54) is 4.88 Å². The quantitative estimate of drug-likeness (QED) is 0.834. The number of aromatic nitrogens is 2. The fraction of sp³-hybridized carbons (Fsp3) is 0.385. The summed E-state index contributed by atoms with van der Waals surface area (Å²) in [4.78, 5) is 9.75. The maximum atomic E-state index is 5.62. The van der Waals surface area contributed by atoms with Crippen molar-refractivity contribution in [3.8, 4) is 5.88 Å². The zero-order valence-corrected chi connectivity index (χ0v) is 11.2. The highest BCUT2D eigenvalue weighted by molar-refractivity contribution is 7.09. The number of nitrogens with zero attached hydrogens (tertiary/aromatic N) is 2. The molecule has 0 aromatic carbocycles. The van der Waals surface area contributed by atoms with Crippen LogP contribution in [-0.2, 0) is 6.42 Å². The lowest BCUT2D eigenvalue weighted by molar-refractivity contribution is 0.310. The molecule has 96 valence electrons. The number of ether oxygens (including phenoxy) is 1. The number of rotatable bonds is 7. The van der Waals surface area contributed by atoms with E-state index in [-0.39, 0.29) is 0 Å². The Hall–Kier alpha value is -1.62. The largest absolute Gasteiger partial charge is 0.477 e. The summed E-state index contributed by atoms with van der Waals surface area (Å²) >= 11 is 1.75. The molecule has 0 aliphatic rings. The Morgan fingerprint density at radius 2 is 2.33 bits per heavy atom. The Balaban J connectivity index is 1.81. The van der Waals surface area contributed by atoms with E-state index in [1.54, 1.807) is 23.6 Å². The van der Waals surface area contributed by atoms with Crippen LogP contribution in [0.25, 0.3) is 0 Å². The molecule has 4 nitrogen and oxygen atoms in total. The van der Waals surface area contributed by atoms with E-state index in [0.29, 0.717) is 18.4 Å². The Labute approximate surface area is 111 Å². The maximum absolute atomic E-state index is 5.62. The lowest BCUT2D eigenvalue weighted by atomic mass is 10.4. The van der Waals surface area contributed by atoms with Crippen molar-refractivity contribution in [1.82, 2.24) is 9.97 Å². The molecule has 0 aliphatic heterocycles. The zero-order chi connectivity index (χ0) is 12.6. The molecule has 0 saturated carbocycles. The summed E-state index contributed by atoms with van der Waals surface area (Å²) in [5, 5.41) is 5.21. The van der Waals surface area contributed by atoms with Gasteiger partial charge >= 0.3 is 0 Å². The van der Waals surface area contributed by atoms with Crippen LogP contribution < -0.4 is 10.1 Å². The SMILES string of the molecule is CCCNc1nccc(OCCc2cccs2)n1. The minimum atomic E-state index is 0.625. The highest BCUT2D eigenvalue weighted by atomic mass is 32.1. The highest BCUT2D eigenvalue weighted by Gasteiger charge is 2.00. The Bertz CT molecular complexity index is 459. The molecule has 5 heteroatoms. The molecule has 0 radical (unpaired) electrons. The van der Waals surface area contributed by atoms with Gasteiger partial charge in [-0.25, -0.2) is 4.98 Å². The van der Waals surface area contributed by atoms with Gasteiger partial charge in [-0.1, -0.05) is 13.0 Å². The summed E-state index contributed by atoms with van der Waals surface area (Å²) in [5.74, 6) is 1.26. The van der Waals surface area contributed by atoms with Gasteiger partial charge in [-0.2, -0.15) is 4.98 Å². The minimum Gasteiger partial charge on any atom is -0.477 e. The monoisotopic (exact) mass is 263 g/mol. The molecule has 2 rings (SSSR count). The average molecular weight is 263 g/mol. The summed E-state index contributed by atoms with van der Waals surface area (Å²) in [5.41, 5.74) is 0. The number of hydrogen-bond acceptors (Lipinski definition) is 5. The predicted molar refractivity (Wildman–Crippen MR) is 74.3 cm³/mol. The number of nitrogens with one attached hydrogen (secondary N) is 1.